The van der Waals surface area contributed by atoms with Crippen molar-refractivity contribution in [1.29, 1.82) is 0 Å². The van der Waals surface area contributed by atoms with Gasteiger partial charge in [-0.2, -0.15) is 0 Å². The van der Waals surface area contributed by atoms with Crippen LogP contribution in [0, 0.1) is 0 Å². The molecule has 0 fully saturated rings. The summed E-state index contributed by atoms with van der Waals surface area (Å²) in [5, 5.41) is 1.54. The van der Waals surface area contributed by atoms with Crippen molar-refractivity contribution in [2.75, 3.05) is 0 Å². The van der Waals surface area contributed by atoms with E-state index >= 15 is 0 Å². The minimum absolute atomic E-state index is 1.03. The molecule has 10 heavy (non-hydrogen) atoms. The van der Waals surface area contributed by atoms with E-state index in [-0.39, 0.29) is 0 Å². The quantitative estimate of drug-likeness (QED) is 0.518. The summed E-state index contributed by atoms with van der Waals surface area (Å²) < 4.78 is 0. The van der Waals surface area contributed by atoms with Crippen LogP contribution in [-0.4, -0.2) is 23.4 Å². The van der Waals surface area contributed by atoms with E-state index in [9.17, 15) is 0 Å². The molecule has 2 heteroatoms. The van der Waals surface area contributed by atoms with Crippen molar-refractivity contribution in [2.24, 2.45) is 0 Å². The zero-order valence-electron chi connectivity index (χ0n) is 6.89. The second kappa shape index (κ2) is 2.96. The van der Waals surface area contributed by atoms with E-state index in [1.165, 1.54) is 5.19 Å². The van der Waals surface area contributed by atoms with Gasteiger partial charge in [-0.3, -0.25) is 0 Å². The molecule has 0 saturated carbocycles. The van der Waals surface area contributed by atoms with Crippen molar-refractivity contribution in [2.45, 2.75) is 13.1 Å². The van der Waals surface area contributed by atoms with Crippen LogP contribution in [0.4, 0.5) is 0 Å². The summed E-state index contributed by atoms with van der Waals surface area (Å²) in [4.78, 5) is 0. The molecule has 48 valence electrons. The maximum absolute atomic E-state index is 2.36. The molecule has 0 N–H and O–H groups in total. The van der Waals surface area contributed by atoms with Crippen molar-refractivity contribution in [3.8, 4) is 0 Å². The zero-order valence-corrected chi connectivity index (χ0v) is 7.89. The molecule has 0 saturated heterocycles. The van der Waals surface area contributed by atoms with Gasteiger partial charge in [0.25, 0.3) is 0 Å². The molecule has 0 aromatic heterocycles. The van der Waals surface area contributed by atoms with Gasteiger partial charge in [0.1, 0.15) is 0 Å². The van der Waals surface area contributed by atoms with Crippen LogP contribution in [0.5, 0.6) is 0 Å². The van der Waals surface area contributed by atoms with Gasteiger partial charge in [-0.15, -0.1) is 0 Å². The Kier molecular flexibility index (Phi) is 2.41. The van der Waals surface area contributed by atoms with Gasteiger partial charge in [0.2, 0.25) is 0 Å². The average molecular weight is 142 g/mol. The van der Waals surface area contributed by atoms with Crippen LogP contribution >= 0.6 is 0 Å². The van der Waals surface area contributed by atoms with Crippen LogP contribution in [0.2, 0.25) is 13.1 Å². The molecule has 0 radical (unpaired) electrons. The molecule has 0 nitrogen and oxygen atoms in total. The molecule has 1 rings (SSSR count). The van der Waals surface area contributed by atoms with Crippen LogP contribution in [0.3, 0.4) is 0 Å². The van der Waals surface area contributed by atoms with Gasteiger partial charge < -0.3 is 0 Å². The van der Waals surface area contributed by atoms with Crippen molar-refractivity contribution in [1.82, 2.24) is 0 Å². The summed E-state index contributed by atoms with van der Waals surface area (Å²) in [6.07, 6.45) is -1.03. The molecule has 1 aromatic rings. The SMILES string of the molecule is [Li][Si](C)(C)c1ccccc1. The molecule has 0 aliphatic rings. The van der Waals surface area contributed by atoms with Gasteiger partial charge in [-0.1, -0.05) is 0 Å². The number of hydrogen-bond donors (Lipinski definition) is 0. The van der Waals surface area contributed by atoms with E-state index in [1.54, 1.807) is 0 Å². The Bertz CT molecular complexity index is 200. The number of rotatable bonds is 1. The summed E-state index contributed by atoms with van der Waals surface area (Å²) >= 11 is 2.36. The topological polar surface area (TPSA) is 0 Å². The molecule has 0 aliphatic carbocycles. The number of benzene rings is 1. The first-order valence-corrected chi connectivity index (χ1v) is 7.16. The summed E-state index contributed by atoms with van der Waals surface area (Å²) in [7, 11) is 0. The van der Waals surface area contributed by atoms with Crippen LogP contribution in [-0.2, 0) is 0 Å². The third kappa shape index (κ3) is 2.02. The van der Waals surface area contributed by atoms with Crippen molar-refractivity contribution in [3.05, 3.63) is 30.3 Å². The fraction of sp³-hybridized carbons (Fsp3) is 0.250. The van der Waals surface area contributed by atoms with Gasteiger partial charge >= 0.3 is 72.0 Å². The predicted octanol–water partition coefficient (Wildman–Crippen LogP) is 1.27. The van der Waals surface area contributed by atoms with E-state index in [0.29, 0.717) is 0 Å². The first-order chi connectivity index (χ1) is 4.61. The summed E-state index contributed by atoms with van der Waals surface area (Å²) in [6, 6.07) is 10.8. The van der Waals surface area contributed by atoms with Crippen molar-refractivity contribution >= 4 is 28.6 Å². The van der Waals surface area contributed by atoms with Gasteiger partial charge in [-0.05, 0) is 0 Å². The van der Waals surface area contributed by atoms with Gasteiger partial charge in [0.05, 0.1) is 0 Å². The van der Waals surface area contributed by atoms with Crippen molar-refractivity contribution < 1.29 is 0 Å². The molecule has 0 amide bonds. The Balaban J connectivity index is 2.97. The Morgan fingerprint density at radius 3 is 1.90 bits per heavy atom. The molecule has 0 atom stereocenters. The van der Waals surface area contributed by atoms with Crippen LogP contribution in [0.1, 0.15) is 0 Å². The second-order valence-corrected chi connectivity index (χ2v) is 8.69. The minimum atomic E-state index is -1.03. The molecular formula is C8H11LiSi. The Hall–Kier alpha value is 0.0343. The third-order valence-corrected chi connectivity index (χ3v) is 3.71. The van der Waals surface area contributed by atoms with Crippen molar-refractivity contribution in [3.63, 3.8) is 0 Å². The monoisotopic (exact) mass is 142 g/mol. The van der Waals surface area contributed by atoms with E-state index in [0.717, 1.165) is 0 Å². The van der Waals surface area contributed by atoms with E-state index in [2.05, 4.69) is 60.5 Å². The molecule has 1 aromatic carbocycles. The van der Waals surface area contributed by atoms with Crippen LogP contribution in [0.25, 0.3) is 0 Å². The Morgan fingerprint density at radius 2 is 1.60 bits per heavy atom. The molecule has 0 aliphatic heterocycles. The summed E-state index contributed by atoms with van der Waals surface area (Å²) in [6.45, 7) is 4.73. The fourth-order valence-corrected chi connectivity index (χ4v) is 2.13. The summed E-state index contributed by atoms with van der Waals surface area (Å²) in [5.41, 5.74) is 0. The second-order valence-electron chi connectivity index (χ2n) is 3.62. The third-order valence-electron chi connectivity index (χ3n) is 1.64. The molecule has 0 unspecified atom stereocenters. The standard InChI is InChI=1S/C8H11Si.Li/c1-9(2)8-6-4-3-5-7-8;/h3-7H,1-2H3;. The molecule has 0 spiro atoms. The molecule has 0 bridgehead atoms. The Morgan fingerprint density at radius 1 is 1.10 bits per heavy atom. The fourth-order valence-electron chi connectivity index (χ4n) is 0.938. The first kappa shape index (κ1) is 8.13. The van der Waals surface area contributed by atoms with Gasteiger partial charge in [0, 0.05) is 0 Å². The normalized spacial score (nSPS) is 11.6. The van der Waals surface area contributed by atoms with E-state index < -0.39 is 6.40 Å². The van der Waals surface area contributed by atoms with Gasteiger partial charge in [0.15, 0.2) is 0 Å². The first-order valence-electron chi connectivity index (χ1n) is 3.66. The predicted molar refractivity (Wildman–Crippen MR) is 49.3 cm³/mol. The number of hydrogen-bond acceptors (Lipinski definition) is 0. The van der Waals surface area contributed by atoms with Crippen LogP contribution in [0.15, 0.2) is 30.3 Å². The molecular weight excluding hydrogens is 131 g/mol. The Labute approximate surface area is 72.2 Å². The molecule has 0 heterocycles. The van der Waals surface area contributed by atoms with Gasteiger partial charge in [-0.25, -0.2) is 0 Å². The summed E-state index contributed by atoms with van der Waals surface area (Å²) in [5.74, 6) is 0. The zero-order chi connectivity index (χ0) is 7.61. The maximum atomic E-state index is 2.36. The van der Waals surface area contributed by atoms with E-state index in [1.807, 2.05) is 0 Å². The van der Waals surface area contributed by atoms with Crippen LogP contribution < -0.4 is 5.19 Å². The van der Waals surface area contributed by atoms with E-state index in [4.69, 9.17) is 0 Å². The average Bonchev–Trinajstić information content (AvgIpc) is 1.88.